The van der Waals surface area contributed by atoms with Gasteiger partial charge in [-0.3, -0.25) is 0 Å². The van der Waals surface area contributed by atoms with Gasteiger partial charge in [0.1, 0.15) is 0 Å². The average molecular weight is 362 g/mol. The number of unbranched alkanes of at least 4 members (excludes halogenated alkanes) is 13. The molecule has 1 N–H and O–H groups in total. The van der Waals surface area contributed by atoms with Crippen molar-refractivity contribution < 1.29 is 0 Å². The Morgan fingerprint density at radius 2 is 0.792 bits per heavy atom. The summed E-state index contributed by atoms with van der Waals surface area (Å²) < 4.78 is 0. The zero-order chi connectivity index (χ0) is 18.3. The van der Waals surface area contributed by atoms with Gasteiger partial charge in [0.05, 0.1) is 0 Å². The number of rotatable bonds is 17. The van der Waals surface area contributed by atoms with Crippen LogP contribution in [0.1, 0.15) is 123 Å². The lowest BCUT2D eigenvalue weighted by Crippen LogP contribution is -1.98. The van der Waals surface area contributed by atoms with Crippen molar-refractivity contribution >= 4 is 11.6 Å². The van der Waals surface area contributed by atoms with Gasteiger partial charge in [-0.2, -0.15) is 0 Å². The maximum atomic E-state index is 6.42. The number of hydrogen-bond acceptors (Lipinski definition) is 1. The summed E-state index contributed by atoms with van der Waals surface area (Å²) in [6.07, 6.45) is 23.5. The fraction of sp³-hybridized carbons (Fsp3) is 1.00. The Balaban J connectivity index is 0. The molecule has 2 heteroatoms. The van der Waals surface area contributed by atoms with E-state index in [0.717, 1.165) is 0 Å². The summed E-state index contributed by atoms with van der Waals surface area (Å²) in [5.74, 6) is 0. The molecule has 148 valence electrons. The van der Waals surface area contributed by atoms with E-state index >= 15 is 0 Å². The summed E-state index contributed by atoms with van der Waals surface area (Å²) in [5, 5.41) is 3.20. The molecule has 0 aliphatic rings. The van der Waals surface area contributed by atoms with Crippen LogP contribution in [0.5, 0.6) is 0 Å². The SMILES string of the molecule is CCCCCCCCCCCC(Cl)CCCCCCCC.CNC. The number of hydrogen-bond donors (Lipinski definition) is 1. The van der Waals surface area contributed by atoms with Crippen molar-refractivity contribution in [1.82, 2.24) is 5.32 Å². The molecule has 0 saturated carbocycles. The second kappa shape index (κ2) is 25.5. The summed E-state index contributed by atoms with van der Waals surface area (Å²) >= 11 is 6.42. The second-order valence-electron chi connectivity index (χ2n) is 7.27. The van der Waals surface area contributed by atoms with Crippen LogP contribution in [0.25, 0.3) is 0 Å². The van der Waals surface area contributed by atoms with Gasteiger partial charge in [0, 0.05) is 5.38 Å². The molecule has 0 heterocycles. The third kappa shape index (κ3) is 27.1. The van der Waals surface area contributed by atoms with Gasteiger partial charge in [-0.1, -0.05) is 110 Å². The van der Waals surface area contributed by atoms with Crippen LogP contribution < -0.4 is 5.32 Å². The van der Waals surface area contributed by atoms with Crippen LogP contribution in [-0.2, 0) is 0 Å². The maximum absolute atomic E-state index is 6.42. The second-order valence-corrected chi connectivity index (χ2v) is 7.89. The van der Waals surface area contributed by atoms with Crippen LogP contribution in [0.15, 0.2) is 0 Å². The molecule has 0 amide bonds. The molecule has 0 aromatic rings. The average Bonchev–Trinajstić information content (AvgIpc) is 2.57. The largest absolute Gasteiger partial charge is 0.323 e. The van der Waals surface area contributed by atoms with Crippen LogP contribution in [0.4, 0.5) is 0 Å². The molecular weight excluding hydrogens is 314 g/mol. The Kier molecular flexibility index (Phi) is 28.1. The highest BCUT2D eigenvalue weighted by Crippen LogP contribution is 2.18. The molecule has 0 saturated heterocycles. The zero-order valence-electron chi connectivity index (χ0n) is 17.5. The molecule has 1 unspecified atom stereocenters. The minimum absolute atomic E-state index is 0.445. The quantitative estimate of drug-likeness (QED) is 0.204. The van der Waals surface area contributed by atoms with E-state index in [1.165, 1.54) is 109 Å². The molecule has 1 nitrogen and oxygen atoms in total. The molecule has 0 aliphatic carbocycles. The standard InChI is InChI=1S/C20H41Cl.C2H7N/c1-3-5-7-9-11-12-13-15-17-19-20(21)18-16-14-10-8-6-4-2;1-3-2/h20H,3-19H2,1-2H3;3H,1-2H3. The van der Waals surface area contributed by atoms with Gasteiger partial charge in [-0.25, -0.2) is 0 Å². The normalized spacial score (nSPS) is 11.9. The van der Waals surface area contributed by atoms with Crippen LogP contribution >= 0.6 is 11.6 Å². The summed E-state index contributed by atoms with van der Waals surface area (Å²) in [7, 11) is 3.75. The van der Waals surface area contributed by atoms with E-state index in [9.17, 15) is 0 Å². The van der Waals surface area contributed by atoms with Crippen molar-refractivity contribution in [3.8, 4) is 0 Å². The van der Waals surface area contributed by atoms with Crippen molar-refractivity contribution in [2.24, 2.45) is 0 Å². The molecule has 0 radical (unpaired) electrons. The van der Waals surface area contributed by atoms with E-state index in [4.69, 9.17) is 11.6 Å². The molecule has 0 aliphatic heterocycles. The molecule has 0 rings (SSSR count). The zero-order valence-corrected chi connectivity index (χ0v) is 18.2. The first kappa shape index (κ1) is 26.5. The van der Waals surface area contributed by atoms with E-state index in [-0.39, 0.29) is 0 Å². The Labute approximate surface area is 159 Å². The third-order valence-electron chi connectivity index (χ3n) is 4.49. The topological polar surface area (TPSA) is 12.0 Å². The lowest BCUT2D eigenvalue weighted by Gasteiger charge is -2.09. The van der Waals surface area contributed by atoms with Gasteiger partial charge >= 0.3 is 0 Å². The van der Waals surface area contributed by atoms with Crippen LogP contribution in [0.2, 0.25) is 0 Å². The first-order valence-corrected chi connectivity index (χ1v) is 11.4. The van der Waals surface area contributed by atoms with Crippen LogP contribution in [0.3, 0.4) is 0 Å². The number of halogens is 1. The number of nitrogens with one attached hydrogen (secondary N) is 1. The van der Waals surface area contributed by atoms with Crippen LogP contribution in [-0.4, -0.2) is 19.5 Å². The van der Waals surface area contributed by atoms with Gasteiger partial charge in [-0.15, -0.1) is 11.6 Å². The highest BCUT2D eigenvalue weighted by Gasteiger charge is 2.04. The van der Waals surface area contributed by atoms with Crippen molar-refractivity contribution in [3.63, 3.8) is 0 Å². The fourth-order valence-electron chi connectivity index (χ4n) is 2.97. The minimum atomic E-state index is 0.445. The highest BCUT2D eigenvalue weighted by molar-refractivity contribution is 6.20. The van der Waals surface area contributed by atoms with E-state index in [1.807, 2.05) is 14.1 Å². The summed E-state index contributed by atoms with van der Waals surface area (Å²) in [5.41, 5.74) is 0. The summed E-state index contributed by atoms with van der Waals surface area (Å²) in [6.45, 7) is 4.56. The van der Waals surface area contributed by atoms with E-state index in [0.29, 0.717) is 5.38 Å². The van der Waals surface area contributed by atoms with E-state index in [2.05, 4.69) is 19.2 Å². The molecule has 24 heavy (non-hydrogen) atoms. The van der Waals surface area contributed by atoms with Crippen molar-refractivity contribution in [3.05, 3.63) is 0 Å². The predicted molar refractivity (Wildman–Crippen MR) is 114 cm³/mol. The Hall–Kier alpha value is 0.250. The van der Waals surface area contributed by atoms with Gasteiger partial charge in [0.25, 0.3) is 0 Å². The van der Waals surface area contributed by atoms with Crippen molar-refractivity contribution in [2.45, 2.75) is 128 Å². The van der Waals surface area contributed by atoms with Crippen molar-refractivity contribution in [1.29, 1.82) is 0 Å². The Morgan fingerprint density at radius 3 is 1.08 bits per heavy atom. The molecular formula is C22H48ClN. The first-order valence-electron chi connectivity index (χ1n) is 10.9. The summed E-state index contributed by atoms with van der Waals surface area (Å²) in [4.78, 5) is 0. The van der Waals surface area contributed by atoms with Crippen molar-refractivity contribution in [2.75, 3.05) is 14.1 Å². The predicted octanol–water partition coefficient (Wildman–Crippen LogP) is 8.10. The Morgan fingerprint density at radius 1 is 0.542 bits per heavy atom. The maximum Gasteiger partial charge on any atom is 0.0336 e. The highest BCUT2D eigenvalue weighted by atomic mass is 35.5. The van der Waals surface area contributed by atoms with Gasteiger partial charge < -0.3 is 5.32 Å². The monoisotopic (exact) mass is 361 g/mol. The van der Waals surface area contributed by atoms with E-state index < -0.39 is 0 Å². The van der Waals surface area contributed by atoms with E-state index in [1.54, 1.807) is 0 Å². The Bertz CT molecular complexity index is 196. The first-order chi connectivity index (χ1) is 11.7. The van der Waals surface area contributed by atoms with Gasteiger partial charge in [0.15, 0.2) is 0 Å². The molecule has 0 bridgehead atoms. The molecule has 0 fully saturated rings. The molecule has 0 aromatic carbocycles. The lowest BCUT2D eigenvalue weighted by atomic mass is 10.0. The van der Waals surface area contributed by atoms with Gasteiger partial charge in [0.2, 0.25) is 0 Å². The molecule has 0 spiro atoms. The lowest BCUT2D eigenvalue weighted by molar-refractivity contribution is 0.530. The number of alkyl halides is 1. The fourth-order valence-corrected chi connectivity index (χ4v) is 3.28. The summed E-state index contributed by atoms with van der Waals surface area (Å²) in [6, 6.07) is 0. The smallest absolute Gasteiger partial charge is 0.0336 e. The third-order valence-corrected chi connectivity index (χ3v) is 4.93. The minimum Gasteiger partial charge on any atom is -0.323 e. The van der Waals surface area contributed by atoms with Gasteiger partial charge in [-0.05, 0) is 26.9 Å². The molecule has 1 atom stereocenters. The van der Waals surface area contributed by atoms with Crippen LogP contribution in [0, 0.1) is 0 Å². The molecule has 0 aromatic heterocycles.